The lowest BCUT2D eigenvalue weighted by molar-refractivity contribution is -0.122. The summed E-state index contributed by atoms with van der Waals surface area (Å²) in [6.45, 7) is 4.86. The van der Waals surface area contributed by atoms with Gasteiger partial charge in [0.2, 0.25) is 15.9 Å². The Bertz CT molecular complexity index is 691. The molecule has 7 heteroatoms. The largest absolute Gasteiger partial charge is 0.354 e. The quantitative estimate of drug-likeness (QED) is 0.471. The predicted octanol–water partition coefficient (Wildman–Crippen LogP) is 4.03. The second-order valence-electron chi connectivity index (χ2n) is 6.87. The second kappa shape index (κ2) is 13.8. The van der Waals surface area contributed by atoms with Gasteiger partial charge in [-0.2, -0.15) is 16.5 Å². The molecule has 1 aromatic rings. The fourth-order valence-electron chi connectivity index (χ4n) is 2.76. The van der Waals surface area contributed by atoms with E-state index in [0.717, 1.165) is 36.7 Å². The van der Waals surface area contributed by atoms with Crippen LogP contribution >= 0.6 is 11.8 Å². The zero-order valence-electron chi connectivity index (χ0n) is 17.2. The molecule has 2 atom stereocenters. The molecule has 0 heterocycles. The van der Waals surface area contributed by atoms with Crippen LogP contribution in [0.1, 0.15) is 51.5 Å². The average molecular weight is 427 g/mol. The van der Waals surface area contributed by atoms with Gasteiger partial charge >= 0.3 is 0 Å². The van der Waals surface area contributed by atoms with Gasteiger partial charge in [0.1, 0.15) is 6.04 Å². The van der Waals surface area contributed by atoms with Crippen LogP contribution < -0.4 is 10.0 Å². The summed E-state index contributed by atoms with van der Waals surface area (Å²) < 4.78 is 27.4. The van der Waals surface area contributed by atoms with E-state index in [2.05, 4.69) is 23.9 Å². The molecule has 1 aromatic carbocycles. The SMILES string of the molecule is CCCCC(CC)CNC(=O)C(CCSC)NS(=O)(=O)/C=C/c1ccccc1. The minimum atomic E-state index is -3.71. The first-order chi connectivity index (χ1) is 13.4. The number of hydrogen-bond donors (Lipinski definition) is 2. The van der Waals surface area contributed by atoms with E-state index in [1.165, 1.54) is 6.08 Å². The third-order valence-electron chi connectivity index (χ3n) is 4.58. The van der Waals surface area contributed by atoms with Gasteiger partial charge in [-0.1, -0.05) is 63.4 Å². The number of carbonyl (C=O) groups is 1. The van der Waals surface area contributed by atoms with Crippen molar-refractivity contribution in [2.75, 3.05) is 18.6 Å². The van der Waals surface area contributed by atoms with Crippen LogP contribution in [0, 0.1) is 5.92 Å². The Morgan fingerprint density at radius 1 is 1.18 bits per heavy atom. The van der Waals surface area contributed by atoms with Crippen LogP contribution in [0.15, 0.2) is 35.7 Å². The zero-order chi connectivity index (χ0) is 20.8. The van der Waals surface area contributed by atoms with Crippen molar-refractivity contribution in [2.24, 2.45) is 5.92 Å². The Kier molecular flexibility index (Phi) is 12.2. The molecule has 158 valence electrons. The van der Waals surface area contributed by atoms with Crippen molar-refractivity contribution < 1.29 is 13.2 Å². The Morgan fingerprint density at radius 2 is 1.89 bits per heavy atom. The Morgan fingerprint density at radius 3 is 2.50 bits per heavy atom. The molecular formula is C21H34N2O3S2. The molecule has 0 aliphatic rings. The molecule has 0 saturated heterocycles. The van der Waals surface area contributed by atoms with Crippen LogP contribution in [-0.2, 0) is 14.8 Å². The number of nitrogens with one attached hydrogen (secondary N) is 2. The summed E-state index contributed by atoms with van der Waals surface area (Å²) in [6.07, 6.45) is 8.28. The standard InChI is InChI=1S/C21H34N2O3S2/c1-4-6-10-18(5-2)17-22-21(24)20(13-15-27-3)23-28(25,26)16-14-19-11-8-7-9-12-19/h7-9,11-12,14,16,18,20,23H,4-6,10,13,15,17H2,1-3H3,(H,22,24)/b16-14+. The van der Waals surface area contributed by atoms with Crippen LogP contribution in [0.4, 0.5) is 0 Å². The molecule has 0 aromatic heterocycles. The fraction of sp³-hybridized carbons (Fsp3) is 0.571. The molecule has 0 aliphatic heterocycles. The van der Waals surface area contributed by atoms with Gasteiger partial charge in [-0.25, -0.2) is 8.42 Å². The summed E-state index contributed by atoms with van der Waals surface area (Å²) in [4.78, 5) is 12.6. The van der Waals surface area contributed by atoms with Crippen molar-refractivity contribution in [1.29, 1.82) is 0 Å². The van der Waals surface area contributed by atoms with Crippen molar-refractivity contribution in [3.63, 3.8) is 0 Å². The molecule has 5 nitrogen and oxygen atoms in total. The van der Waals surface area contributed by atoms with Gasteiger partial charge in [0, 0.05) is 12.0 Å². The lowest BCUT2D eigenvalue weighted by Crippen LogP contribution is -2.47. The summed E-state index contributed by atoms with van der Waals surface area (Å²) in [7, 11) is -3.71. The summed E-state index contributed by atoms with van der Waals surface area (Å²) >= 11 is 1.59. The van der Waals surface area contributed by atoms with Crippen molar-refractivity contribution in [1.82, 2.24) is 10.0 Å². The van der Waals surface area contributed by atoms with Crippen LogP contribution in [0.5, 0.6) is 0 Å². The average Bonchev–Trinajstić information content (AvgIpc) is 2.70. The maximum absolute atomic E-state index is 12.6. The van der Waals surface area contributed by atoms with E-state index in [9.17, 15) is 13.2 Å². The molecule has 1 rings (SSSR count). The van der Waals surface area contributed by atoms with Crippen LogP contribution in [-0.4, -0.2) is 38.9 Å². The number of benzene rings is 1. The molecule has 0 aliphatic carbocycles. The molecule has 0 radical (unpaired) electrons. The number of rotatable bonds is 14. The Labute approximate surface area is 174 Å². The lowest BCUT2D eigenvalue weighted by Gasteiger charge is -2.20. The minimum absolute atomic E-state index is 0.249. The fourth-order valence-corrected chi connectivity index (χ4v) is 4.27. The first-order valence-corrected chi connectivity index (χ1v) is 12.9. The monoisotopic (exact) mass is 426 g/mol. The topological polar surface area (TPSA) is 75.3 Å². The van der Waals surface area contributed by atoms with Crippen molar-refractivity contribution in [3.8, 4) is 0 Å². The first kappa shape index (κ1) is 24.7. The van der Waals surface area contributed by atoms with Gasteiger partial charge < -0.3 is 5.32 Å². The van der Waals surface area contributed by atoms with Gasteiger partial charge in [0.25, 0.3) is 0 Å². The highest BCUT2D eigenvalue weighted by molar-refractivity contribution is 7.98. The Hall–Kier alpha value is -1.31. The molecule has 0 fully saturated rings. The maximum Gasteiger partial charge on any atom is 0.238 e. The van der Waals surface area contributed by atoms with Crippen molar-refractivity contribution in [3.05, 3.63) is 41.3 Å². The highest BCUT2D eigenvalue weighted by Gasteiger charge is 2.23. The third kappa shape index (κ3) is 10.3. The summed E-state index contributed by atoms with van der Waals surface area (Å²) in [5.41, 5.74) is 0.791. The lowest BCUT2D eigenvalue weighted by atomic mass is 9.99. The third-order valence-corrected chi connectivity index (χ3v) is 6.33. The summed E-state index contributed by atoms with van der Waals surface area (Å²) in [6, 6.07) is 8.45. The summed E-state index contributed by atoms with van der Waals surface area (Å²) in [5.74, 6) is 0.885. The highest BCUT2D eigenvalue weighted by Crippen LogP contribution is 2.12. The van der Waals surface area contributed by atoms with E-state index in [0.29, 0.717) is 24.6 Å². The molecule has 0 spiro atoms. The maximum atomic E-state index is 12.6. The summed E-state index contributed by atoms with van der Waals surface area (Å²) in [5, 5.41) is 4.07. The molecule has 2 N–H and O–H groups in total. The number of sulfonamides is 1. The zero-order valence-corrected chi connectivity index (χ0v) is 18.8. The van der Waals surface area contributed by atoms with Crippen molar-refractivity contribution >= 4 is 33.8 Å². The molecule has 0 bridgehead atoms. The molecule has 2 unspecified atom stereocenters. The van der Waals surface area contributed by atoms with E-state index in [1.54, 1.807) is 11.8 Å². The molecular weight excluding hydrogens is 392 g/mol. The highest BCUT2D eigenvalue weighted by atomic mass is 32.2. The van der Waals surface area contributed by atoms with Crippen LogP contribution in [0.25, 0.3) is 6.08 Å². The van der Waals surface area contributed by atoms with E-state index in [-0.39, 0.29) is 5.91 Å². The van der Waals surface area contributed by atoms with Gasteiger partial charge in [0.15, 0.2) is 0 Å². The molecule has 0 saturated carbocycles. The molecule has 1 amide bonds. The first-order valence-electron chi connectivity index (χ1n) is 9.94. The van der Waals surface area contributed by atoms with Gasteiger partial charge in [-0.15, -0.1) is 0 Å². The number of carbonyl (C=O) groups excluding carboxylic acids is 1. The van der Waals surface area contributed by atoms with Crippen LogP contribution in [0.3, 0.4) is 0 Å². The van der Waals surface area contributed by atoms with E-state index >= 15 is 0 Å². The van der Waals surface area contributed by atoms with E-state index in [4.69, 9.17) is 0 Å². The number of unbranched alkanes of at least 4 members (excludes halogenated alkanes) is 1. The minimum Gasteiger partial charge on any atom is -0.354 e. The molecule has 28 heavy (non-hydrogen) atoms. The smallest absolute Gasteiger partial charge is 0.238 e. The van der Waals surface area contributed by atoms with Gasteiger partial charge in [0.05, 0.1) is 0 Å². The van der Waals surface area contributed by atoms with Crippen LogP contribution in [0.2, 0.25) is 0 Å². The Balaban J connectivity index is 2.71. The van der Waals surface area contributed by atoms with Crippen molar-refractivity contribution in [2.45, 2.75) is 52.0 Å². The van der Waals surface area contributed by atoms with Gasteiger partial charge in [-0.05, 0) is 42.4 Å². The van der Waals surface area contributed by atoms with Gasteiger partial charge in [-0.3, -0.25) is 4.79 Å². The van der Waals surface area contributed by atoms with E-state index in [1.807, 2.05) is 36.6 Å². The predicted molar refractivity (Wildman–Crippen MR) is 121 cm³/mol. The number of thioether (sulfide) groups is 1. The number of hydrogen-bond acceptors (Lipinski definition) is 4. The second-order valence-corrected chi connectivity index (χ2v) is 9.46. The van der Waals surface area contributed by atoms with E-state index < -0.39 is 16.1 Å². The normalized spacial score (nSPS) is 14.1. The number of amides is 1.